The summed E-state index contributed by atoms with van der Waals surface area (Å²) in [6.07, 6.45) is 6.45. The van der Waals surface area contributed by atoms with Gasteiger partial charge in [-0.2, -0.15) is 0 Å². The maximum absolute atomic E-state index is 12.5. The molecule has 1 aromatic carbocycles. The lowest BCUT2D eigenvalue weighted by Crippen LogP contribution is -2.77. The Labute approximate surface area is 225 Å². The Morgan fingerprint density at radius 3 is 2.39 bits per heavy atom. The Balaban J connectivity index is 1.10. The molecule has 38 heavy (non-hydrogen) atoms. The topological polar surface area (TPSA) is 110 Å². The number of aliphatic hydroxyl groups is 2. The zero-order valence-corrected chi connectivity index (χ0v) is 22.3. The molecular formula is C29H43NO8. The molecule has 3 N–H and O–H groups in total. The van der Waals surface area contributed by atoms with Crippen molar-refractivity contribution < 1.29 is 39.0 Å². The van der Waals surface area contributed by atoms with E-state index in [4.69, 9.17) is 28.8 Å². The van der Waals surface area contributed by atoms with E-state index in [-0.39, 0.29) is 30.6 Å². The van der Waals surface area contributed by atoms with Gasteiger partial charge in [-0.3, -0.25) is 4.90 Å². The molecule has 6 rings (SSSR count). The van der Waals surface area contributed by atoms with Crippen molar-refractivity contribution in [2.24, 2.45) is 5.92 Å². The van der Waals surface area contributed by atoms with Crippen LogP contribution in [0, 0.1) is 5.92 Å². The maximum atomic E-state index is 12.5. The number of piperidine rings is 1. The fraction of sp³-hybridized carbons (Fsp3) is 0.793. The molecule has 9 nitrogen and oxygen atoms in total. The summed E-state index contributed by atoms with van der Waals surface area (Å²) in [7, 11) is 0. The molecule has 1 aromatic rings. The first kappa shape index (κ1) is 26.7. The molecule has 2 bridgehead atoms. The van der Waals surface area contributed by atoms with Crippen molar-refractivity contribution in [1.82, 2.24) is 4.90 Å². The average molecular weight is 534 g/mol. The summed E-state index contributed by atoms with van der Waals surface area (Å²) in [6.45, 7) is 5.13. The van der Waals surface area contributed by atoms with Gasteiger partial charge in [0.15, 0.2) is 11.5 Å². The van der Waals surface area contributed by atoms with Gasteiger partial charge in [-0.05, 0) is 62.6 Å². The van der Waals surface area contributed by atoms with E-state index in [2.05, 4.69) is 4.90 Å². The molecule has 1 spiro atoms. The number of phenolic OH excluding ortho intramolecular Hbond substituents is 1. The van der Waals surface area contributed by atoms with Crippen LogP contribution in [-0.4, -0.2) is 110 Å². The minimum absolute atomic E-state index is 0.0181. The molecule has 212 valence electrons. The number of hydrogen-bond donors (Lipinski definition) is 3. The number of phenols is 1. The second kappa shape index (κ2) is 11.2. The number of nitrogens with zero attached hydrogens (tertiary/aromatic N) is 1. The molecule has 1 unspecified atom stereocenters. The van der Waals surface area contributed by atoms with Gasteiger partial charge in [-0.25, -0.2) is 0 Å². The van der Waals surface area contributed by atoms with Crippen molar-refractivity contribution in [3.8, 4) is 11.5 Å². The summed E-state index contributed by atoms with van der Waals surface area (Å²) >= 11 is 0. The lowest BCUT2D eigenvalue weighted by Gasteiger charge is -2.64. The molecule has 5 atom stereocenters. The number of ether oxygens (including phenoxy) is 5. The molecule has 2 aliphatic heterocycles. The van der Waals surface area contributed by atoms with Crippen LogP contribution < -0.4 is 4.74 Å². The number of hydrogen-bond acceptors (Lipinski definition) is 9. The van der Waals surface area contributed by atoms with Crippen molar-refractivity contribution >= 4 is 0 Å². The summed E-state index contributed by atoms with van der Waals surface area (Å²) in [5, 5.41) is 32.0. The van der Waals surface area contributed by atoms with Crippen LogP contribution in [0.2, 0.25) is 0 Å². The second-order valence-electron chi connectivity index (χ2n) is 11.7. The molecule has 0 amide bonds. The van der Waals surface area contributed by atoms with Crippen LogP contribution in [-0.2, 0) is 30.8 Å². The van der Waals surface area contributed by atoms with Crippen LogP contribution in [0.5, 0.6) is 11.5 Å². The van der Waals surface area contributed by atoms with Crippen molar-refractivity contribution in [3.63, 3.8) is 0 Å². The van der Waals surface area contributed by atoms with Crippen molar-refractivity contribution in [2.45, 2.75) is 74.2 Å². The maximum Gasteiger partial charge on any atom is 0.165 e. The van der Waals surface area contributed by atoms with Gasteiger partial charge >= 0.3 is 0 Å². The van der Waals surface area contributed by atoms with Crippen LogP contribution in [0.3, 0.4) is 0 Å². The summed E-state index contributed by atoms with van der Waals surface area (Å²) in [5.41, 5.74) is 0.805. The van der Waals surface area contributed by atoms with E-state index in [1.807, 2.05) is 6.07 Å². The van der Waals surface area contributed by atoms with Gasteiger partial charge in [0.1, 0.15) is 6.10 Å². The SMILES string of the molecule is OCCOCCOCCOCCO[C@H]1CC[C@@]2(O)[C@H]3Cc4ccc(O)c5c4[C@@]2(CCN3CC2CCC2)C1O5. The van der Waals surface area contributed by atoms with E-state index in [9.17, 15) is 10.2 Å². The smallest absolute Gasteiger partial charge is 0.165 e. The third-order valence-electron chi connectivity index (χ3n) is 9.78. The average Bonchev–Trinajstić information content (AvgIpc) is 3.24. The zero-order valence-electron chi connectivity index (χ0n) is 22.3. The molecule has 1 saturated heterocycles. The molecular weight excluding hydrogens is 490 g/mol. The van der Waals surface area contributed by atoms with E-state index in [1.165, 1.54) is 24.8 Å². The Hall–Kier alpha value is -1.46. The lowest BCUT2D eigenvalue weighted by atomic mass is 9.48. The third kappa shape index (κ3) is 4.44. The van der Waals surface area contributed by atoms with Crippen molar-refractivity contribution in [3.05, 3.63) is 23.3 Å². The number of aliphatic hydroxyl groups excluding tert-OH is 1. The van der Waals surface area contributed by atoms with Gasteiger partial charge in [0, 0.05) is 18.2 Å². The molecule has 9 heteroatoms. The van der Waals surface area contributed by atoms with Gasteiger partial charge in [0.05, 0.1) is 70.0 Å². The van der Waals surface area contributed by atoms with E-state index in [0.29, 0.717) is 58.4 Å². The highest BCUT2D eigenvalue weighted by Gasteiger charge is 2.73. The summed E-state index contributed by atoms with van der Waals surface area (Å²) in [6, 6.07) is 3.87. The van der Waals surface area contributed by atoms with Gasteiger partial charge in [0.25, 0.3) is 0 Å². The lowest BCUT2D eigenvalue weighted by molar-refractivity contribution is -0.218. The molecule has 3 aliphatic carbocycles. The highest BCUT2D eigenvalue weighted by Crippen LogP contribution is 2.65. The number of likely N-dealkylation sites (tertiary alicyclic amines) is 1. The van der Waals surface area contributed by atoms with Crippen LogP contribution >= 0.6 is 0 Å². The van der Waals surface area contributed by atoms with Crippen molar-refractivity contribution in [1.29, 1.82) is 0 Å². The first-order chi connectivity index (χ1) is 18.6. The Morgan fingerprint density at radius 2 is 1.68 bits per heavy atom. The van der Waals surface area contributed by atoms with Gasteiger partial charge in [-0.1, -0.05) is 12.5 Å². The monoisotopic (exact) mass is 533 g/mol. The number of benzene rings is 1. The van der Waals surface area contributed by atoms with Crippen LogP contribution in [0.1, 0.15) is 49.7 Å². The van der Waals surface area contributed by atoms with Crippen LogP contribution in [0.15, 0.2) is 12.1 Å². The Bertz CT molecular complexity index is 972. The molecule has 0 aromatic heterocycles. The summed E-state index contributed by atoms with van der Waals surface area (Å²) in [4.78, 5) is 2.57. The normalized spacial score (nSPS) is 33.6. The fourth-order valence-corrected chi connectivity index (χ4v) is 7.85. The predicted molar refractivity (Wildman–Crippen MR) is 139 cm³/mol. The molecule has 3 fully saturated rings. The Morgan fingerprint density at radius 1 is 0.947 bits per heavy atom. The molecule has 2 saturated carbocycles. The molecule has 5 aliphatic rings. The fourth-order valence-electron chi connectivity index (χ4n) is 7.85. The Kier molecular flexibility index (Phi) is 7.88. The van der Waals surface area contributed by atoms with Gasteiger partial charge < -0.3 is 39.0 Å². The third-order valence-corrected chi connectivity index (χ3v) is 9.78. The first-order valence-electron chi connectivity index (χ1n) is 14.5. The highest BCUT2D eigenvalue weighted by molar-refractivity contribution is 5.62. The van der Waals surface area contributed by atoms with E-state index >= 15 is 0 Å². The summed E-state index contributed by atoms with van der Waals surface area (Å²) in [5.74, 6) is 1.47. The van der Waals surface area contributed by atoms with Gasteiger partial charge in [0.2, 0.25) is 0 Å². The first-order valence-corrected chi connectivity index (χ1v) is 14.5. The van der Waals surface area contributed by atoms with Crippen LogP contribution in [0.4, 0.5) is 0 Å². The zero-order chi connectivity index (χ0) is 26.2. The predicted octanol–water partition coefficient (Wildman–Crippen LogP) is 1.77. The van der Waals surface area contributed by atoms with Crippen molar-refractivity contribution in [2.75, 3.05) is 65.9 Å². The quantitative estimate of drug-likeness (QED) is 0.308. The number of rotatable bonds is 14. The largest absolute Gasteiger partial charge is 0.504 e. The van der Waals surface area contributed by atoms with E-state index < -0.39 is 11.0 Å². The van der Waals surface area contributed by atoms with E-state index in [1.54, 1.807) is 6.07 Å². The molecule has 2 heterocycles. The highest BCUT2D eigenvalue weighted by atomic mass is 16.6. The summed E-state index contributed by atoms with van der Waals surface area (Å²) < 4.78 is 29.2. The van der Waals surface area contributed by atoms with E-state index in [0.717, 1.165) is 43.8 Å². The number of aromatic hydroxyl groups is 1. The second-order valence-corrected chi connectivity index (χ2v) is 11.7. The van der Waals surface area contributed by atoms with Crippen LogP contribution in [0.25, 0.3) is 0 Å². The minimum Gasteiger partial charge on any atom is -0.504 e. The molecule has 0 radical (unpaired) electrons. The minimum atomic E-state index is -0.889. The standard InChI is InChI=1S/C29H43NO8/c31-10-11-34-12-13-35-14-15-36-16-17-37-23-6-7-29(33)24-18-21-4-5-22(32)26-25(21)28(29,27(23)38-26)8-9-30(24)19-20-2-1-3-20/h4-5,20,23-24,27,31-33H,1-3,6-19H2/t23-,24+,27?,28-,29+/m0/s1. The van der Waals surface area contributed by atoms with Gasteiger partial charge in [-0.15, -0.1) is 0 Å².